The zero-order chi connectivity index (χ0) is 13.0. The molecule has 1 aromatic rings. The molecule has 102 valence electrons. The van der Waals surface area contributed by atoms with Gasteiger partial charge in [0, 0.05) is 17.5 Å². The van der Waals surface area contributed by atoms with Crippen LogP contribution in [0.4, 0.5) is 0 Å². The number of hydrogen-bond acceptors (Lipinski definition) is 3. The first kappa shape index (κ1) is 13.9. The second-order valence-electron chi connectivity index (χ2n) is 5.94. The SMILES string of the molecule is Cc1[nH]ncc1CCCNC1CSCCC1(C)C. The van der Waals surface area contributed by atoms with E-state index in [0.29, 0.717) is 11.5 Å². The summed E-state index contributed by atoms with van der Waals surface area (Å²) >= 11 is 2.09. The third-order valence-corrected chi connectivity index (χ3v) is 5.13. The second kappa shape index (κ2) is 6.11. The summed E-state index contributed by atoms with van der Waals surface area (Å²) in [5.41, 5.74) is 3.02. The van der Waals surface area contributed by atoms with Gasteiger partial charge in [-0.3, -0.25) is 5.10 Å². The molecule has 0 spiro atoms. The summed E-state index contributed by atoms with van der Waals surface area (Å²) in [5.74, 6) is 2.58. The van der Waals surface area contributed by atoms with Gasteiger partial charge in [0.05, 0.1) is 6.20 Å². The van der Waals surface area contributed by atoms with Crippen molar-refractivity contribution in [3.05, 3.63) is 17.5 Å². The highest BCUT2D eigenvalue weighted by Crippen LogP contribution is 2.34. The second-order valence-corrected chi connectivity index (χ2v) is 7.09. The number of H-pyrrole nitrogens is 1. The fourth-order valence-corrected chi connectivity index (χ4v) is 4.10. The van der Waals surface area contributed by atoms with Crippen LogP contribution in [0.5, 0.6) is 0 Å². The van der Waals surface area contributed by atoms with E-state index in [9.17, 15) is 0 Å². The van der Waals surface area contributed by atoms with Crippen LogP contribution in [-0.4, -0.2) is 34.3 Å². The van der Waals surface area contributed by atoms with E-state index in [1.165, 1.54) is 35.6 Å². The van der Waals surface area contributed by atoms with Gasteiger partial charge in [-0.2, -0.15) is 16.9 Å². The van der Waals surface area contributed by atoms with Crippen LogP contribution >= 0.6 is 11.8 Å². The van der Waals surface area contributed by atoms with Crippen LogP contribution in [0.2, 0.25) is 0 Å². The van der Waals surface area contributed by atoms with Gasteiger partial charge in [-0.05, 0) is 49.5 Å². The first-order chi connectivity index (χ1) is 8.59. The van der Waals surface area contributed by atoms with Crippen LogP contribution in [0.1, 0.15) is 37.9 Å². The average Bonchev–Trinajstić information content (AvgIpc) is 2.72. The monoisotopic (exact) mass is 267 g/mol. The Balaban J connectivity index is 1.70. The highest BCUT2D eigenvalue weighted by atomic mass is 32.2. The highest BCUT2D eigenvalue weighted by Gasteiger charge is 2.31. The van der Waals surface area contributed by atoms with E-state index in [0.717, 1.165) is 13.0 Å². The van der Waals surface area contributed by atoms with Crippen molar-refractivity contribution >= 4 is 11.8 Å². The molecule has 1 fully saturated rings. The molecular formula is C14H25N3S. The zero-order valence-electron chi connectivity index (χ0n) is 11.8. The predicted molar refractivity (Wildman–Crippen MR) is 79.2 cm³/mol. The number of aryl methyl sites for hydroxylation is 2. The van der Waals surface area contributed by atoms with E-state index >= 15 is 0 Å². The minimum Gasteiger partial charge on any atom is -0.313 e. The smallest absolute Gasteiger partial charge is 0.0522 e. The zero-order valence-corrected chi connectivity index (χ0v) is 12.6. The standard InChI is InChI=1S/C14H25N3S/c1-11-12(9-16-17-11)5-4-7-15-13-10-18-8-6-14(13,2)3/h9,13,15H,4-8,10H2,1-3H3,(H,16,17). The van der Waals surface area contributed by atoms with Crippen LogP contribution in [-0.2, 0) is 6.42 Å². The molecule has 3 nitrogen and oxygen atoms in total. The van der Waals surface area contributed by atoms with Crippen molar-refractivity contribution in [2.45, 2.75) is 46.1 Å². The molecule has 0 aromatic carbocycles. The molecule has 0 amide bonds. The van der Waals surface area contributed by atoms with Crippen LogP contribution in [0.15, 0.2) is 6.20 Å². The van der Waals surface area contributed by atoms with Gasteiger partial charge >= 0.3 is 0 Å². The van der Waals surface area contributed by atoms with Gasteiger partial charge in [0.1, 0.15) is 0 Å². The van der Waals surface area contributed by atoms with Crippen molar-refractivity contribution in [2.24, 2.45) is 5.41 Å². The van der Waals surface area contributed by atoms with Gasteiger partial charge in [0.25, 0.3) is 0 Å². The topological polar surface area (TPSA) is 40.7 Å². The average molecular weight is 267 g/mol. The molecule has 0 aliphatic carbocycles. The lowest BCUT2D eigenvalue weighted by atomic mass is 9.82. The van der Waals surface area contributed by atoms with Crippen molar-refractivity contribution in [1.82, 2.24) is 15.5 Å². The lowest BCUT2D eigenvalue weighted by Crippen LogP contribution is -2.46. The summed E-state index contributed by atoms with van der Waals surface area (Å²) in [6.07, 6.45) is 5.60. The Hall–Kier alpha value is -0.480. The Kier molecular flexibility index (Phi) is 4.73. The van der Waals surface area contributed by atoms with Gasteiger partial charge in [0.15, 0.2) is 0 Å². The van der Waals surface area contributed by atoms with Crippen LogP contribution in [0.25, 0.3) is 0 Å². The van der Waals surface area contributed by atoms with Crippen molar-refractivity contribution in [3.63, 3.8) is 0 Å². The van der Waals surface area contributed by atoms with Gasteiger partial charge in [-0.1, -0.05) is 13.8 Å². The quantitative estimate of drug-likeness (QED) is 0.806. The molecule has 2 rings (SSSR count). The van der Waals surface area contributed by atoms with Gasteiger partial charge in [-0.25, -0.2) is 0 Å². The van der Waals surface area contributed by atoms with E-state index in [1.807, 2.05) is 6.20 Å². The molecule has 0 radical (unpaired) electrons. The third kappa shape index (κ3) is 3.51. The van der Waals surface area contributed by atoms with E-state index in [4.69, 9.17) is 0 Å². The molecule has 1 atom stereocenters. The summed E-state index contributed by atoms with van der Waals surface area (Å²) in [4.78, 5) is 0. The van der Waals surface area contributed by atoms with Crippen LogP contribution in [0.3, 0.4) is 0 Å². The summed E-state index contributed by atoms with van der Waals surface area (Å²) in [6.45, 7) is 7.99. The minimum atomic E-state index is 0.455. The van der Waals surface area contributed by atoms with Gasteiger partial charge < -0.3 is 5.32 Å². The van der Waals surface area contributed by atoms with E-state index in [-0.39, 0.29) is 0 Å². The number of nitrogens with zero attached hydrogens (tertiary/aromatic N) is 1. The van der Waals surface area contributed by atoms with Crippen molar-refractivity contribution < 1.29 is 0 Å². The Morgan fingerprint density at radius 2 is 2.39 bits per heavy atom. The summed E-state index contributed by atoms with van der Waals surface area (Å²) in [5, 5.41) is 10.8. The molecule has 18 heavy (non-hydrogen) atoms. The van der Waals surface area contributed by atoms with E-state index < -0.39 is 0 Å². The molecule has 4 heteroatoms. The molecule has 0 bridgehead atoms. The molecule has 1 aliphatic rings. The number of hydrogen-bond donors (Lipinski definition) is 2. The molecule has 2 heterocycles. The Bertz CT molecular complexity index is 373. The summed E-state index contributed by atoms with van der Waals surface area (Å²) < 4.78 is 0. The molecule has 1 aliphatic heterocycles. The van der Waals surface area contributed by atoms with Crippen molar-refractivity contribution in [2.75, 3.05) is 18.1 Å². The van der Waals surface area contributed by atoms with Crippen LogP contribution < -0.4 is 5.32 Å². The molecule has 0 saturated carbocycles. The normalized spacial score (nSPS) is 23.2. The maximum Gasteiger partial charge on any atom is 0.0522 e. The largest absolute Gasteiger partial charge is 0.313 e. The number of thioether (sulfide) groups is 1. The maximum absolute atomic E-state index is 4.06. The lowest BCUT2D eigenvalue weighted by molar-refractivity contribution is 0.246. The molecular weight excluding hydrogens is 242 g/mol. The summed E-state index contributed by atoms with van der Waals surface area (Å²) in [6, 6.07) is 0.668. The Labute approximate surface area is 115 Å². The van der Waals surface area contributed by atoms with Crippen LogP contribution in [0, 0.1) is 12.3 Å². The van der Waals surface area contributed by atoms with Crippen molar-refractivity contribution in [1.29, 1.82) is 0 Å². The fraction of sp³-hybridized carbons (Fsp3) is 0.786. The Morgan fingerprint density at radius 3 is 3.06 bits per heavy atom. The highest BCUT2D eigenvalue weighted by molar-refractivity contribution is 7.99. The van der Waals surface area contributed by atoms with Gasteiger partial charge in [0.2, 0.25) is 0 Å². The first-order valence-corrected chi connectivity index (χ1v) is 8.05. The Morgan fingerprint density at radius 1 is 1.56 bits per heavy atom. The van der Waals surface area contributed by atoms with E-state index in [1.54, 1.807) is 0 Å². The molecule has 1 aromatic heterocycles. The summed E-state index contributed by atoms with van der Waals surface area (Å²) in [7, 11) is 0. The number of rotatable bonds is 5. The number of aromatic amines is 1. The maximum atomic E-state index is 4.06. The third-order valence-electron chi connectivity index (χ3n) is 4.07. The minimum absolute atomic E-state index is 0.455. The number of nitrogens with one attached hydrogen (secondary N) is 2. The van der Waals surface area contributed by atoms with Gasteiger partial charge in [-0.15, -0.1) is 0 Å². The molecule has 2 N–H and O–H groups in total. The molecule has 1 unspecified atom stereocenters. The van der Waals surface area contributed by atoms with Crippen molar-refractivity contribution in [3.8, 4) is 0 Å². The number of aromatic nitrogens is 2. The van der Waals surface area contributed by atoms with E-state index in [2.05, 4.69) is 48.0 Å². The lowest BCUT2D eigenvalue weighted by Gasteiger charge is -2.39. The molecule has 1 saturated heterocycles. The first-order valence-electron chi connectivity index (χ1n) is 6.89. The predicted octanol–water partition coefficient (Wildman–Crippen LogP) is 2.77. The fourth-order valence-electron chi connectivity index (χ4n) is 2.45.